The summed E-state index contributed by atoms with van der Waals surface area (Å²) in [5.74, 6) is 0.716. The van der Waals surface area contributed by atoms with Crippen LogP contribution in [0.25, 0.3) is 22.3 Å². The first-order valence-electron chi connectivity index (χ1n) is 11.6. The highest BCUT2D eigenvalue weighted by Crippen LogP contribution is 2.51. The minimum Gasteiger partial charge on any atom is -0.438 e. The number of aromatic amines is 1. The van der Waals surface area contributed by atoms with E-state index in [1.54, 1.807) is 18.2 Å². The summed E-state index contributed by atoms with van der Waals surface area (Å²) >= 11 is 4.57. The number of hydrogen-bond donors (Lipinski definition) is 3. The smallest absolute Gasteiger partial charge is 0.247 e. The van der Waals surface area contributed by atoms with Crippen molar-refractivity contribution in [2.45, 2.75) is 18.1 Å². The van der Waals surface area contributed by atoms with Gasteiger partial charge >= 0.3 is 0 Å². The fourth-order valence-electron chi connectivity index (χ4n) is 5.09. The molecule has 1 aliphatic heterocycles. The van der Waals surface area contributed by atoms with Gasteiger partial charge in [0.05, 0.1) is 5.39 Å². The van der Waals surface area contributed by atoms with Gasteiger partial charge in [0.1, 0.15) is 17.7 Å². The van der Waals surface area contributed by atoms with E-state index in [9.17, 15) is 4.79 Å². The lowest BCUT2D eigenvalue weighted by Crippen LogP contribution is -2.63. The number of anilines is 2. The van der Waals surface area contributed by atoms with Gasteiger partial charge in [0.15, 0.2) is 0 Å². The molecule has 3 heterocycles. The Labute approximate surface area is 208 Å². The van der Waals surface area contributed by atoms with Crippen LogP contribution >= 0.6 is 12.6 Å². The predicted molar refractivity (Wildman–Crippen MR) is 141 cm³/mol. The summed E-state index contributed by atoms with van der Waals surface area (Å²) in [4.78, 5) is 26.1. The van der Waals surface area contributed by atoms with Crippen molar-refractivity contribution in [3.8, 4) is 22.9 Å². The van der Waals surface area contributed by atoms with Crippen molar-refractivity contribution < 1.29 is 9.53 Å². The second-order valence-corrected chi connectivity index (χ2v) is 10.1. The van der Waals surface area contributed by atoms with Gasteiger partial charge in [-0.3, -0.25) is 4.79 Å². The quantitative estimate of drug-likeness (QED) is 0.251. The van der Waals surface area contributed by atoms with Gasteiger partial charge in [-0.1, -0.05) is 24.8 Å². The molecule has 1 saturated heterocycles. The molecule has 1 saturated carbocycles. The molecule has 2 aromatic heterocycles. The summed E-state index contributed by atoms with van der Waals surface area (Å²) in [5.41, 5.74) is 5.09. The standard InChI is InChI=1S/C27H25N5O2S/c1-2-24(33)30-18-4-3-5-20(10-18)34-26-22-11-23(31-25(22)28-16-29-26)17-6-8-19(9-7-17)32-14-27(15-32)12-21(35)13-27/h2-11,16,21,35H,1,12-15H2,(H,30,33)(H,28,29,31). The number of thiol groups is 1. The first-order chi connectivity index (χ1) is 17.0. The lowest BCUT2D eigenvalue weighted by molar-refractivity contribution is -0.111. The number of ether oxygens (including phenoxy) is 1. The van der Waals surface area contributed by atoms with E-state index in [0.29, 0.717) is 33.6 Å². The maximum Gasteiger partial charge on any atom is 0.247 e. The normalized spacial score (nSPS) is 16.5. The van der Waals surface area contributed by atoms with Gasteiger partial charge in [0.25, 0.3) is 0 Å². The van der Waals surface area contributed by atoms with E-state index in [0.717, 1.165) is 29.7 Å². The number of nitrogens with one attached hydrogen (secondary N) is 2. The Morgan fingerprint density at radius 3 is 2.71 bits per heavy atom. The van der Waals surface area contributed by atoms with E-state index < -0.39 is 0 Å². The van der Waals surface area contributed by atoms with E-state index in [4.69, 9.17) is 4.74 Å². The highest BCUT2D eigenvalue weighted by Gasteiger charge is 2.51. The van der Waals surface area contributed by atoms with Crippen LogP contribution in [-0.2, 0) is 4.79 Å². The van der Waals surface area contributed by atoms with Crippen molar-refractivity contribution in [2.75, 3.05) is 23.3 Å². The maximum absolute atomic E-state index is 11.6. The Balaban J connectivity index is 1.20. The minimum atomic E-state index is -0.282. The lowest BCUT2D eigenvalue weighted by Gasteiger charge is -2.59. The first-order valence-corrected chi connectivity index (χ1v) is 12.1. The fraction of sp³-hybridized carbons (Fsp3) is 0.222. The molecule has 1 amide bonds. The number of carbonyl (C=O) groups excluding carboxylic acids is 1. The molecule has 0 bridgehead atoms. The van der Waals surface area contributed by atoms with Crippen molar-refractivity contribution in [3.63, 3.8) is 0 Å². The largest absolute Gasteiger partial charge is 0.438 e. The highest BCUT2D eigenvalue weighted by molar-refractivity contribution is 7.81. The zero-order valence-corrected chi connectivity index (χ0v) is 20.0. The van der Waals surface area contributed by atoms with Gasteiger partial charge < -0.3 is 19.9 Å². The van der Waals surface area contributed by atoms with Crippen molar-refractivity contribution in [3.05, 3.63) is 73.6 Å². The first kappa shape index (κ1) is 21.7. The van der Waals surface area contributed by atoms with E-state index >= 15 is 0 Å². The molecule has 7 nitrogen and oxygen atoms in total. The van der Waals surface area contributed by atoms with E-state index in [-0.39, 0.29) is 5.91 Å². The second-order valence-electron chi connectivity index (χ2n) is 9.41. The summed E-state index contributed by atoms with van der Waals surface area (Å²) < 4.78 is 6.05. The van der Waals surface area contributed by atoms with Gasteiger partial charge in [-0.15, -0.1) is 0 Å². The van der Waals surface area contributed by atoms with Crippen molar-refractivity contribution in [1.82, 2.24) is 15.0 Å². The summed E-state index contributed by atoms with van der Waals surface area (Å²) in [6.07, 6.45) is 5.17. The van der Waals surface area contributed by atoms with E-state index in [1.165, 1.54) is 30.9 Å². The molecule has 4 aromatic rings. The SMILES string of the molecule is C=CC(=O)Nc1cccc(Oc2ncnc3[nH]c(-c4ccc(N5CC6(CC(S)C6)C5)cc4)cc23)c1. The van der Waals surface area contributed by atoms with Crippen LogP contribution in [0.1, 0.15) is 12.8 Å². The van der Waals surface area contributed by atoms with Gasteiger partial charge in [-0.25, -0.2) is 9.97 Å². The molecule has 8 heteroatoms. The van der Waals surface area contributed by atoms with E-state index in [2.05, 4.69) is 68.6 Å². The molecule has 2 aliphatic rings. The molecular formula is C27H25N5O2S. The molecule has 0 atom stereocenters. The maximum atomic E-state index is 11.6. The third-order valence-corrected chi connectivity index (χ3v) is 7.19. The van der Waals surface area contributed by atoms with Gasteiger partial charge in [-0.2, -0.15) is 12.6 Å². The summed E-state index contributed by atoms with van der Waals surface area (Å²) in [7, 11) is 0. The molecule has 0 unspecified atom stereocenters. The van der Waals surface area contributed by atoms with Crippen molar-refractivity contribution >= 4 is 40.9 Å². The number of benzene rings is 2. The third kappa shape index (κ3) is 4.14. The molecule has 2 fully saturated rings. The van der Waals surface area contributed by atoms with Gasteiger partial charge in [0, 0.05) is 46.9 Å². The molecule has 1 spiro atoms. The zero-order valence-electron chi connectivity index (χ0n) is 19.1. The molecule has 2 aromatic carbocycles. The monoisotopic (exact) mass is 483 g/mol. The fourth-order valence-corrected chi connectivity index (χ4v) is 5.87. The van der Waals surface area contributed by atoms with Crippen LogP contribution in [0.2, 0.25) is 0 Å². The number of amides is 1. The zero-order chi connectivity index (χ0) is 24.0. The molecule has 176 valence electrons. The Bertz CT molecular complexity index is 1420. The number of carbonyl (C=O) groups is 1. The Kier molecular flexibility index (Phi) is 5.25. The molecule has 35 heavy (non-hydrogen) atoms. The number of hydrogen-bond acceptors (Lipinski definition) is 6. The number of fused-ring (bicyclic) bond motifs is 1. The van der Waals surface area contributed by atoms with Crippen molar-refractivity contribution in [1.29, 1.82) is 0 Å². The van der Waals surface area contributed by atoms with Crippen LogP contribution in [-0.4, -0.2) is 39.2 Å². The Morgan fingerprint density at radius 2 is 1.97 bits per heavy atom. The predicted octanol–water partition coefficient (Wildman–Crippen LogP) is 5.44. The van der Waals surface area contributed by atoms with Gasteiger partial charge in [0.2, 0.25) is 11.8 Å². The molecule has 0 radical (unpaired) electrons. The number of H-pyrrole nitrogens is 1. The minimum absolute atomic E-state index is 0.282. The van der Waals surface area contributed by atoms with Gasteiger partial charge in [-0.05, 0) is 54.8 Å². The van der Waals surface area contributed by atoms with E-state index in [1.807, 2.05) is 12.1 Å². The number of aromatic nitrogens is 3. The second kappa shape index (κ2) is 8.46. The lowest BCUT2D eigenvalue weighted by atomic mass is 9.63. The summed E-state index contributed by atoms with van der Waals surface area (Å²) in [5, 5.41) is 4.10. The van der Waals surface area contributed by atoms with Crippen LogP contribution in [0, 0.1) is 5.41 Å². The molecular weight excluding hydrogens is 458 g/mol. The highest BCUT2D eigenvalue weighted by atomic mass is 32.1. The topological polar surface area (TPSA) is 83.1 Å². The average Bonchev–Trinajstić information content (AvgIpc) is 3.26. The molecule has 2 N–H and O–H groups in total. The average molecular weight is 484 g/mol. The van der Waals surface area contributed by atoms with Crippen LogP contribution in [0.15, 0.2) is 73.6 Å². The van der Waals surface area contributed by atoms with Crippen LogP contribution in [0.4, 0.5) is 11.4 Å². The summed E-state index contributed by atoms with van der Waals surface area (Å²) in [6.45, 7) is 5.73. The Morgan fingerprint density at radius 1 is 1.17 bits per heavy atom. The van der Waals surface area contributed by atoms with Crippen LogP contribution < -0.4 is 15.0 Å². The number of nitrogens with zero attached hydrogens (tertiary/aromatic N) is 3. The summed E-state index contributed by atoms with van der Waals surface area (Å²) in [6, 6.07) is 17.8. The third-order valence-electron chi connectivity index (χ3n) is 6.82. The van der Waals surface area contributed by atoms with Crippen LogP contribution in [0.3, 0.4) is 0 Å². The molecule has 6 rings (SSSR count). The molecule has 1 aliphatic carbocycles. The van der Waals surface area contributed by atoms with Crippen LogP contribution in [0.5, 0.6) is 11.6 Å². The Hall–Kier alpha value is -3.78. The number of rotatable bonds is 6. The van der Waals surface area contributed by atoms with Crippen molar-refractivity contribution in [2.24, 2.45) is 5.41 Å².